The maximum absolute atomic E-state index is 12.9. The molecule has 2 heterocycles. The molecule has 0 unspecified atom stereocenters. The summed E-state index contributed by atoms with van der Waals surface area (Å²) in [6, 6.07) is 6.66. The largest absolute Gasteiger partial charge is 0.461 e. The van der Waals surface area contributed by atoms with Crippen molar-refractivity contribution >= 4 is 44.7 Å². The number of nitrogens with one attached hydrogen (secondary N) is 1. The molecule has 3 rings (SSSR count). The maximum atomic E-state index is 12.9. The Balaban J connectivity index is 2.33. The van der Waals surface area contributed by atoms with Gasteiger partial charge in [-0.2, -0.15) is 9.78 Å². The van der Waals surface area contributed by atoms with Crippen LogP contribution >= 0.6 is 22.9 Å². The fourth-order valence-corrected chi connectivity index (χ4v) is 3.37. The minimum absolute atomic E-state index is 0.110. The zero-order valence-corrected chi connectivity index (χ0v) is 14.6. The number of hydrogen-bond acceptors (Lipinski definition) is 6. The fraction of sp³-hybridized carbons (Fsp3) is 0.188. The number of anilines is 1. The van der Waals surface area contributed by atoms with Crippen molar-refractivity contribution in [1.29, 1.82) is 0 Å². The van der Waals surface area contributed by atoms with E-state index in [1.54, 1.807) is 43.6 Å². The average Bonchev–Trinajstić information content (AvgIpc) is 3.01. The average molecular weight is 364 g/mol. The van der Waals surface area contributed by atoms with E-state index in [0.29, 0.717) is 26.5 Å². The molecule has 124 valence electrons. The summed E-state index contributed by atoms with van der Waals surface area (Å²) in [7, 11) is 1.72. The van der Waals surface area contributed by atoms with Crippen molar-refractivity contribution in [1.82, 2.24) is 9.78 Å². The predicted octanol–water partition coefficient (Wildman–Crippen LogP) is 3.32. The summed E-state index contributed by atoms with van der Waals surface area (Å²) in [5.74, 6) is -0.564. The molecule has 8 heteroatoms. The van der Waals surface area contributed by atoms with Crippen LogP contribution in [0, 0.1) is 0 Å². The number of thiophene rings is 1. The first-order valence-electron chi connectivity index (χ1n) is 7.22. The second-order valence-electron chi connectivity index (χ2n) is 4.87. The highest BCUT2D eigenvalue weighted by molar-refractivity contribution is 7.16. The van der Waals surface area contributed by atoms with Crippen LogP contribution in [0.25, 0.3) is 16.5 Å². The number of benzene rings is 1. The van der Waals surface area contributed by atoms with E-state index in [2.05, 4.69) is 10.4 Å². The number of rotatable bonds is 4. The number of nitrogens with zero attached hydrogens (tertiary/aromatic N) is 2. The van der Waals surface area contributed by atoms with E-state index in [9.17, 15) is 9.59 Å². The van der Waals surface area contributed by atoms with Gasteiger partial charge in [0.1, 0.15) is 5.00 Å². The van der Waals surface area contributed by atoms with E-state index >= 15 is 0 Å². The summed E-state index contributed by atoms with van der Waals surface area (Å²) in [5, 5.41) is 11.1. The molecule has 0 radical (unpaired) electrons. The van der Waals surface area contributed by atoms with Gasteiger partial charge in [0.15, 0.2) is 5.69 Å². The highest BCUT2D eigenvalue weighted by Gasteiger charge is 2.21. The van der Waals surface area contributed by atoms with Gasteiger partial charge in [0, 0.05) is 22.8 Å². The second-order valence-corrected chi connectivity index (χ2v) is 6.18. The lowest BCUT2D eigenvalue weighted by molar-refractivity contribution is 0.0520. The Hall–Kier alpha value is -2.38. The molecule has 0 aliphatic heterocycles. The molecule has 0 spiro atoms. The summed E-state index contributed by atoms with van der Waals surface area (Å²) in [6.45, 7) is 1.95. The number of carbonyl (C=O) groups excluding carboxylic acids is 1. The van der Waals surface area contributed by atoms with Crippen molar-refractivity contribution in [2.24, 2.45) is 0 Å². The Bertz CT molecular complexity index is 963. The molecular formula is C16H14ClN3O3S. The third-order valence-corrected chi connectivity index (χ3v) is 4.67. The Morgan fingerprint density at radius 1 is 1.38 bits per heavy atom. The van der Waals surface area contributed by atoms with Gasteiger partial charge in [-0.05, 0) is 31.2 Å². The summed E-state index contributed by atoms with van der Waals surface area (Å²) in [4.78, 5) is 25.1. The van der Waals surface area contributed by atoms with Gasteiger partial charge in [0.25, 0.3) is 5.56 Å². The number of halogens is 1. The van der Waals surface area contributed by atoms with Gasteiger partial charge in [-0.3, -0.25) is 4.79 Å². The van der Waals surface area contributed by atoms with Crippen LogP contribution in [0.2, 0.25) is 5.02 Å². The first kappa shape index (κ1) is 16.5. The van der Waals surface area contributed by atoms with Crippen molar-refractivity contribution in [3.8, 4) is 5.69 Å². The molecule has 0 aliphatic carbocycles. The molecule has 24 heavy (non-hydrogen) atoms. The van der Waals surface area contributed by atoms with E-state index in [-0.39, 0.29) is 17.9 Å². The number of carbonyl (C=O) groups is 1. The molecule has 2 aromatic heterocycles. The van der Waals surface area contributed by atoms with E-state index < -0.39 is 5.97 Å². The maximum Gasteiger partial charge on any atom is 0.359 e. The zero-order valence-electron chi connectivity index (χ0n) is 13.0. The van der Waals surface area contributed by atoms with Crippen LogP contribution in [-0.2, 0) is 4.74 Å². The van der Waals surface area contributed by atoms with Crippen molar-refractivity contribution < 1.29 is 9.53 Å². The van der Waals surface area contributed by atoms with Gasteiger partial charge in [0.05, 0.1) is 17.7 Å². The van der Waals surface area contributed by atoms with E-state index in [1.807, 2.05) is 0 Å². The smallest absolute Gasteiger partial charge is 0.359 e. The lowest BCUT2D eigenvalue weighted by Gasteiger charge is -2.09. The summed E-state index contributed by atoms with van der Waals surface area (Å²) >= 11 is 7.24. The minimum Gasteiger partial charge on any atom is -0.461 e. The van der Waals surface area contributed by atoms with Gasteiger partial charge in [-0.1, -0.05) is 11.6 Å². The Morgan fingerprint density at radius 2 is 2.08 bits per heavy atom. The number of aromatic nitrogens is 2. The van der Waals surface area contributed by atoms with Crippen LogP contribution in [0.4, 0.5) is 5.00 Å². The number of esters is 1. The molecule has 0 saturated carbocycles. The molecule has 1 N–H and O–H groups in total. The molecule has 0 fully saturated rings. The van der Waals surface area contributed by atoms with Gasteiger partial charge < -0.3 is 10.1 Å². The SMILES string of the molecule is CCOC(=O)c1nn(-c2ccc(Cl)cc2)c(=O)c2c(NC)scc12. The van der Waals surface area contributed by atoms with Gasteiger partial charge in [-0.25, -0.2) is 4.79 Å². The number of hydrogen-bond donors (Lipinski definition) is 1. The monoisotopic (exact) mass is 363 g/mol. The van der Waals surface area contributed by atoms with Gasteiger partial charge in [0.2, 0.25) is 0 Å². The third-order valence-electron chi connectivity index (χ3n) is 3.42. The second kappa shape index (κ2) is 6.62. The van der Waals surface area contributed by atoms with E-state index in [1.165, 1.54) is 16.0 Å². The predicted molar refractivity (Wildman–Crippen MR) is 95.7 cm³/mol. The Morgan fingerprint density at radius 3 is 2.71 bits per heavy atom. The first-order chi connectivity index (χ1) is 11.6. The van der Waals surface area contributed by atoms with Crippen molar-refractivity contribution in [3.63, 3.8) is 0 Å². The lowest BCUT2D eigenvalue weighted by atomic mass is 10.2. The summed E-state index contributed by atoms with van der Waals surface area (Å²) < 4.78 is 6.27. The van der Waals surface area contributed by atoms with E-state index in [4.69, 9.17) is 16.3 Å². The highest BCUT2D eigenvalue weighted by Crippen LogP contribution is 2.30. The molecule has 0 amide bonds. The minimum atomic E-state index is -0.564. The fourth-order valence-electron chi connectivity index (χ4n) is 2.34. The molecule has 1 aromatic carbocycles. The summed E-state index contributed by atoms with van der Waals surface area (Å²) in [5.41, 5.74) is 0.315. The van der Waals surface area contributed by atoms with Crippen LogP contribution in [0.15, 0.2) is 34.4 Å². The van der Waals surface area contributed by atoms with Crippen molar-refractivity contribution in [2.75, 3.05) is 19.0 Å². The van der Waals surface area contributed by atoms with Crippen LogP contribution in [0.5, 0.6) is 0 Å². The Kier molecular flexibility index (Phi) is 4.55. The molecule has 0 aliphatic rings. The van der Waals surface area contributed by atoms with Crippen LogP contribution in [0.3, 0.4) is 0 Å². The van der Waals surface area contributed by atoms with Gasteiger partial charge >= 0.3 is 5.97 Å². The molecule has 0 saturated heterocycles. The zero-order chi connectivity index (χ0) is 17.3. The highest BCUT2D eigenvalue weighted by atomic mass is 35.5. The van der Waals surface area contributed by atoms with E-state index in [0.717, 1.165) is 0 Å². The topological polar surface area (TPSA) is 73.2 Å². The molecule has 6 nitrogen and oxygen atoms in total. The lowest BCUT2D eigenvalue weighted by Crippen LogP contribution is -2.25. The van der Waals surface area contributed by atoms with Crippen LogP contribution in [-0.4, -0.2) is 29.4 Å². The number of fused-ring (bicyclic) bond motifs is 1. The molecule has 0 atom stereocenters. The molecular weight excluding hydrogens is 350 g/mol. The Labute approximate surface area is 146 Å². The first-order valence-corrected chi connectivity index (χ1v) is 8.48. The standard InChI is InChI=1S/C16H14ClN3O3S/c1-3-23-16(22)13-11-8-24-14(18-2)12(11)15(21)20(19-13)10-6-4-9(17)5-7-10/h4-8,18H,3H2,1-2H3. The van der Waals surface area contributed by atoms with Crippen molar-refractivity contribution in [3.05, 3.63) is 50.7 Å². The quantitative estimate of drug-likeness (QED) is 0.720. The van der Waals surface area contributed by atoms with Gasteiger partial charge in [-0.15, -0.1) is 11.3 Å². The summed E-state index contributed by atoms with van der Waals surface area (Å²) in [6.07, 6.45) is 0. The number of ether oxygens (including phenoxy) is 1. The van der Waals surface area contributed by atoms with Crippen molar-refractivity contribution in [2.45, 2.75) is 6.92 Å². The van der Waals surface area contributed by atoms with Crippen LogP contribution < -0.4 is 10.9 Å². The normalized spacial score (nSPS) is 10.8. The third kappa shape index (κ3) is 2.76. The molecule has 3 aromatic rings. The molecule has 0 bridgehead atoms. The van der Waals surface area contributed by atoms with Crippen LogP contribution in [0.1, 0.15) is 17.4 Å².